The van der Waals surface area contributed by atoms with Crippen LogP contribution in [0.25, 0.3) is 6.08 Å². The van der Waals surface area contributed by atoms with Gasteiger partial charge in [0.2, 0.25) is 11.9 Å². The number of aryl methyl sites for hydroxylation is 2. The van der Waals surface area contributed by atoms with Crippen LogP contribution in [0.15, 0.2) is 35.9 Å². The highest BCUT2D eigenvalue weighted by atomic mass is 16.5. The third-order valence-corrected chi connectivity index (χ3v) is 5.12. The van der Waals surface area contributed by atoms with Crippen molar-refractivity contribution in [2.75, 3.05) is 11.1 Å². The lowest BCUT2D eigenvalue weighted by Gasteiger charge is -2.09. The zero-order valence-corrected chi connectivity index (χ0v) is 19.2. The molecule has 0 unspecified atom stereocenters. The number of hydrogen-bond acceptors (Lipinski definition) is 8. The molecule has 0 spiro atoms. The summed E-state index contributed by atoms with van der Waals surface area (Å²) in [6.45, 7) is 8.64. The SMILES string of the molecule is CCCn1c(C)cc(/C=C(/C#N)C(=O)OCc2nc(N)nc(Nc3ccccc3C)n2)c1C. The molecule has 1 aromatic carbocycles. The molecule has 0 bridgehead atoms. The van der Waals surface area contributed by atoms with Gasteiger partial charge in [0.25, 0.3) is 0 Å². The second-order valence-corrected chi connectivity index (χ2v) is 7.60. The molecule has 0 aliphatic heterocycles. The highest BCUT2D eigenvalue weighted by Gasteiger charge is 2.15. The standard InChI is InChI=1S/C24H27N7O2/c1-5-10-31-16(3)11-18(17(31)4)12-19(13-25)22(32)33-14-21-28-23(26)30-24(29-21)27-20-9-7-6-8-15(20)2/h6-9,11-12H,5,10,14H2,1-4H3,(H3,26,27,28,29,30)/b19-12-. The van der Waals surface area contributed by atoms with Crippen LogP contribution in [0.5, 0.6) is 0 Å². The fraction of sp³-hybridized carbons (Fsp3) is 0.292. The van der Waals surface area contributed by atoms with E-state index in [1.165, 1.54) is 0 Å². The minimum atomic E-state index is -0.759. The fourth-order valence-electron chi connectivity index (χ4n) is 3.43. The Morgan fingerprint density at radius 2 is 2.00 bits per heavy atom. The van der Waals surface area contributed by atoms with Crippen LogP contribution in [0.4, 0.5) is 17.6 Å². The molecule has 0 fully saturated rings. The number of ether oxygens (including phenoxy) is 1. The van der Waals surface area contributed by atoms with Crippen LogP contribution in [-0.2, 0) is 22.7 Å². The van der Waals surface area contributed by atoms with Crippen LogP contribution in [-0.4, -0.2) is 25.5 Å². The molecular formula is C24H27N7O2. The van der Waals surface area contributed by atoms with E-state index in [0.717, 1.165) is 41.2 Å². The Morgan fingerprint density at radius 1 is 1.24 bits per heavy atom. The zero-order chi connectivity index (χ0) is 24.0. The summed E-state index contributed by atoms with van der Waals surface area (Å²) >= 11 is 0. The first-order valence-corrected chi connectivity index (χ1v) is 10.6. The van der Waals surface area contributed by atoms with Crippen molar-refractivity contribution < 1.29 is 9.53 Å². The second kappa shape index (κ2) is 10.4. The highest BCUT2D eigenvalue weighted by Crippen LogP contribution is 2.20. The van der Waals surface area contributed by atoms with E-state index < -0.39 is 5.97 Å². The third-order valence-electron chi connectivity index (χ3n) is 5.12. The molecule has 9 heteroatoms. The smallest absolute Gasteiger partial charge is 0.349 e. The lowest BCUT2D eigenvalue weighted by Crippen LogP contribution is -2.12. The molecule has 170 valence electrons. The van der Waals surface area contributed by atoms with Gasteiger partial charge in [-0.3, -0.25) is 0 Å². The Hall–Kier alpha value is -4.19. The summed E-state index contributed by atoms with van der Waals surface area (Å²) in [5, 5.41) is 12.6. The maximum Gasteiger partial charge on any atom is 0.349 e. The van der Waals surface area contributed by atoms with E-state index in [9.17, 15) is 10.1 Å². The van der Waals surface area contributed by atoms with E-state index in [1.54, 1.807) is 6.08 Å². The monoisotopic (exact) mass is 445 g/mol. The van der Waals surface area contributed by atoms with Crippen LogP contribution >= 0.6 is 0 Å². The molecular weight excluding hydrogens is 418 g/mol. The number of benzene rings is 1. The Balaban J connectivity index is 1.74. The molecule has 3 N–H and O–H groups in total. The first kappa shape index (κ1) is 23.5. The highest BCUT2D eigenvalue weighted by molar-refractivity contribution is 5.98. The van der Waals surface area contributed by atoms with Gasteiger partial charge in [-0.15, -0.1) is 0 Å². The Morgan fingerprint density at radius 3 is 2.70 bits per heavy atom. The molecule has 0 aliphatic carbocycles. The van der Waals surface area contributed by atoms with Crippen molar-refractivity contribution in [1.82, 2.24) is 19.5 Å². The summed E-state index contributed by atoms with van der Waals surface area (Å²) in [7, 11) is 0. The fourth-order valence-corrected chi connectivity index (χ4v) is 3.43. The molecule has 0 amide bonds. The number of aromatic nitrogens is 4. The average molecular weight is 446 g/mol. The Bertz CT molecular complexity index is 1240. The lowest BCUT2D eigenvalue weighted by molar-refractivity contribution is -0.139. The molecule has 0 saturated carbocycles. The Labute approximate surface area is 193 Å². The van der Waals surface area contributed by atoms with Crippen molar-refractivity contribution >= 4 is 29.6 Å². The summed E-state index contributed by atoms with van der Waals surface area (Å²) in [6.07, 6.45) is 2.53. The topological polar surface area (TPSA) is 132 Å². The number of nitriles is 1. The van der Waals surface area contributed by atoms with E-state index >= 15 is 0 Å². The molecule has 9 nitrogen and oxygen atoms in total. The van der Waals surface area contributed by atoms with Crippen molar-refractivity contribution in [3.63, 3.8) is 0 Å². The first-order chi connectivity index (χ1) is 15.8. The maximum absolute atomic E-state index is 12.5. The van der Waals surface area contributed by atoms with Gasteiger partial charge in [-0.2, -0.15) is 20.2 Å². The van der Waals surface area contributed by atoms with Crippen molar-refractivity contribution in [2.45, 2.75) is 47.3 Å². The summed E-state index contributed by atoms with van der Waals surface area (Å²) in [5.74, 6) is -0.357. The van der Waals surface area contributed by atoms with E-state index in [0.29, 0.717) is 0 Å². The maximum atomic E-state index is 12.5. The predicted octanol–water partition coefficient (Wildman–Crippen LogP) is 3.98. The number of carbonyl (C=O) groups is 1. The number of carbonyl (C=O) groups excluding carboxylic acids is 1. The molecule has 2 aromatic heterocycles. The van der Waals surface area contributed by atoms with E-state index in [-0.39, 0.29) is 29.9 Å². The summed E-state index contributed by atoms with van der Waals surface area (Å²) in [5.41, 5.74) is 10.4. The molecule has 2 heterocycles. The van der Waals surface area contributed by atoms with Gasteiger partial charge in [-0.1, -0.05) is 25.1 Å². The van der Waals surface area contributed by atoms with E-state index in [2.05, 4.69) is 31.8 Å². The van der Waals surface area contributed by atoms with E-state index in [1.807, 2.05) is 57.2 Å². The summed E-state index contributed by atoms with van der Waals surface area (Å²) in [6, 6.07) is 11.5. The van der Waals surface area contributed by atoms with Gasteiger partial charge >= 0.3 is 5.97 Å². The van der Waals surface area contributed by atoms with Crippen LogP contribution in [0, 0.1) is 32.1 Å². The summed E-state index contributed by atoms with van der Waals surface area (Å²) < 4.78 is 7.44. The van der Waals surface area contributed by atoms with Gasteiger partial charge in [-0.25, -0.2) is 4.79 Å². The lowest BCUT2D eigenvalue weighted by atomic mass is 10.1. The molecule has 0 aliphatic rings. The van der Waals surface area contributed by atoms with Gasteiger partial charge in [0, 0.05) is 23.6 Å². The quantitative estimate of drug-likeness (QED) is 0.302. The number of hydrogen-bond donors (Lipinski definition) is 2. The molecule has 3 rings (SSSR count). The van der Waals surface area contributed by atoms with Crippen molar-refractivity contribution in [3.05, 3.63) is 64.2 Å². The normalized spacial score (nSPS) is 11.2. The molecule has 3 aromatic rings. The van der Waals surface area contributed by atoms with Gasteiger partial charge in [0.05, 0.1) is 0 Å². The van der Waals surface area contributed by atoms with Crippen molar-refractivity contribution in [1.29, 1.82) is 5.26 Å². The number of anilines is 3. The minimum Gasteiger partial charge on any atom is -0.453 e. The summed E-state index contributed by atoms with van der Waals surface area (Å²) in [4.78, 5) is 24.9. The van der Waals surface area contributed by atoms with Gasteiger partial charge < -0.3 is 20.4 Å². The largest absolute Gasteiger partial charge is 0.453 e. The number of para-hydroxylation sites is 1. The average Bonchev–Trinajstić information content (AvgIpc) is 3.04. The van der Waals surface area contributed by atoms with Crippen molar-refractivity contribution in [2.24, 2.45) is 0 Å². The van der Waals surface area contributed by atoms with E-state index in [4.69, 9.17) is 10.5 Å². The number of nitrogens with zero attached hydrogens (tertiary/aromatic N) is 5. The van der Waals surface area contributed by atoms with Crippen LogP contribution in [0.1, 0.15) is 41.7 Å². The van der Waals surface area contributed by atoms with Gasteiger partial charge in [0.15, 0.2) is 12.4 Å². The first-order valence-electron chi connectivity index (χ1n) is 10.6. The zero-order valence-electron chi connectivity index (χ0n) is 19.2. The number of rotatable bonds is 8. The van der Waals surface area contributed by atoms with Crippen LogP contribution in [0.2, 0.25) is 0 Å². The molecule has 33 heavy (non-hydrogen) atoms. The molecule has 0 atom stereocenters. The molecule has 0 radical (unpaired) electrons. The van der Waals surface area contributed by atoms with Crippen LogP contribution < -0.4 is 11.1 Å². The Kier molecular flexibility index (Phi) is 7.41. The number of nitrogens with two attached hydrogens (primary N) is 1. The third kappa shape index (κ3) is 5.74. The second-order valence-electron chi connectivity index (χ2n) is 7.60. The number of esters is 1. The van der Waals surface area contributed by atoms with Crippen LogP contribution in [0.3, 0.4) is 0 Å². The van der Waals surface area contributed by atoms with Gasteiger partial charge in [-0.05, 0) is 56.5 Å². The number of nitrogen functional groups attached to an aromatic ring is 1. The van der Waals surface area contributed by atoms with Crippen molar-refractivity contribution in [3.8, 4) is 6.07 Å². The van der Waals surface area contributed by atoms with Gasteiger partial charge in [0.1, 0.15) is 11.6 Å². The predicted molar refractivity (Wildman–Crippen MR) is 126 cm³/mol. The minimum absolute atomic E-state index is 0.00783. The molecule has 0 saturated heterocycles. The number of nitrogens with one attached hydrogen (secondary N) is 1.